The van der Waals surface area contributed by atoms with E-state index in [1.165, 1.54) is 0 Å². The zero-order valence-corrected chi connectivity index (χ0v) is 23.1. The number of halogens is 1. The van der Waals surface area contributed by atoms with Crippen LogP contribution in [0.25, 0.3) is 0 Å². The van der Waals surface area contributed by atoms with Crippen molar-refractivity contribution >= 4 is 52.5 Å². The number of carbonyl (C=O) groups is 3. The minimum atomic E-state index is -0.914. The molecule has 4 aliphatic heterocycles. The van der Waals surface area contributed by atoms with E-state index in [1.807, 2.05) is 73.7 Å². The van der Waals surface area contributed by atoms with Crippen LogP contribution in [0, 0.1) is 18.8 Å². The molecule has 4 aliphatic rings. The molecule has 2 fully saturated rings. The van der Waals surface area contributed by atoms with E-state index >= 15 is 0 Å². The SMILES string of the molecule is Cc1cccc(Cl)c1N1CC=C[C@]23S[C@@H]4C=CCN(c5ccccc5)C(=O)[C@@H]4[C@H]2C(=O)N(CCCO)C3C1=O. The van der Waals surface area contributed by atoms with Gasteiger partial charge in [-0.3, -0.25) is 14.4 Å². The van der Waals surface area contributed by atoms with Gasteiger partial charge in [-0.05, 0) is 37.1 Å². The minimum Gasteiger partial charge on any atom is -0.396 e. The molecule has 0 radical (unpaired) electrons. The second-order valence-corrected chi connectivity index (χ2v) is 12.3. The number of hydrogen-bond donors (Lipinski definition) is 1. The topological polar surface area (TPSA) is 81.2 Å². The monoisotopic (exact) mass is 563 g/mol. The van der Waals surface area contributed by atoms with E-state index in [2.05, 4.69) is 0 Å². The van der Waals surface area contributed by atoms with Gasteiger partial charge < -0.3 is 19.8 Å². The van der Waals surface area contributed by atoms with Crippen LogP contribution < -0.4 is 9.80 Å². The molecule has 2 aromatic rings. The number of nitrogens with zero attached hydrogens (tertiary/aromatic N) is 3. The molecule has 7 nitrogen and oxygen atoms in total. The maximum absolute atomic E-state index is 14.5. The van der Waals surface area contributed by atoms with Crippen molar-refractivity contribution < 1.29 is 19.5 Å². The van der Waals surface area contributed by atoms with Crippen LogP contribution in [0.2, 0.25) is 5.02 Å². The quantitative estimate of drug-likeness (QED) is 0.559. The van der Waals surface area contributed by atoms with Gasteiger partial charge in [-0.15, -0.1) is 11.8 Å². The molecule has 202 valence electrons. The van der Waals surface area contributed by atoms with Crippen LogP contribution in [0.3, 0.4) is 0 Å². The zero-order chi connectivity index (χ0) is 27.3. The molecule has 4 heterocycles. The second kappa shape index (κ2) is 10.2. The van der Waals surface area contributed by atoms with Crippen molar-refractivity contribution in [2.24, 2.45) is 11.8 Å². The first-order valence-corrected chi connectivity index (χ1v) is 14.5. The predicted octanol–water partition coefficient (Wildman–Crippen LogP) is 3.83. The van der Waals surface area contributed by atoms with Crippen LogP contribution in [0.1, 0.15) is 12.0 Å². The molecule has 0 aromatic heterocycles. The van der Waals surface area contributed by atoms with Gasteiger partial charge >= 0.3 is 0 Å². The van der Waals surface area contributed by atoms with Gasteiger partial charge in [0.25, 0.3) is 5.91 Å². The van der Waals surface area contributed by atoms with Gasteiger partial charge in [0.1, 0.15) is 6.04 Å². The lowest BCUT2D eigenvalue weighted by atomic mass is 9.78. The van der Waals surface area contributed by atoms with Crippen molar-refractivity contribution in [2.75, 3.05) is 36.0 Å². The Bertz CT molecular complexity index is 1360. The van der Waals surface area contributed by atoms with Crippen LogP contribution in [-0.4, -0.2) is 70.0 Å². The van der Waals surface area contributed by atoms with Gasteiger partial charge in [-0.1, -0.05) is 66.2 Å². The fourth-order valence-corrected chi connectivity index (χ4v) is 8.95. The number of anilines is 2. The average Bonchev–Trinajstić information content (AvgIpc) is 3.24. The van der Waals surface area contributed by atoms with Gasteiger partial charge in [-0.25, -0.2) is 0 Å². The smallest absolute Gasteiger partial charge is 0.251 e. The number of fused-ring (bicyclic) bond motifs is 2. The van der Waals surface area contributed by atoms with E-state index in [9.17, 15) is 19.5 Å². The molecule has 0 bridgehead atoms. The molecule has 1 N–H and O–H groups in total. The number of aryl methyl sites for hydroxylation is 1. The maximum atomic E-state index is 14.5. The predicted molar refractivity (Wildman–Crippen MR) is 154 cm³/mol. The van der Waals surface area contributed by atoms with Gasteiger partial charge in [0.2, 0.25) is 11.8 Å². The first-order valence-electron chi connectivity index (χ1n) is 13.3. The molecule has 5 atom stereocenters. The summed E-state index contributed by atoms with van der Waals surface area (Å²) in [5, 5.41) is 9.85. The lowest BCUT2D eigenvalue weighted by molar-refractivity contribution is -0.138. The molecular formula is C30H30ClN3O4S. The Morgan fingerprint density at radius 1 is 0.974 bits per heavy atom. The van der Waals surface area contributed by atoms with Crippen molar-refractivity contribution in [1.82, 2.24) is 4.90 Å². The molecule has 6 rings (SSSR count). The fraction of sp³-hybridized carbons (Fsp3) is 0.367. The maximum Gasteiger partial charge on any atom is 0.251 e. The normalized spacial score (nSPS) is 29.8. The highest BCUT2D eigenvalue weighted by atomic mass is 35.5. The lowest BCUT2D eigenvalue weighted by Gasteiger charge is -2.35. The van der Waals surface area contributed by atoms with Gasteiger partial charge in [0.05, 0.1) is 27.3 Å². The molecule has 0 aliphatic carbocycles. The number of hydrogen-bond acceptors (Lipinski definition) is 5. The number of para-hydroxylation sites is 2. The van der Waals surface area contributed by atoms with Crippen molar-refractivity contribution in [3.8, 4) is 0 Å². The first kappa shape index (κ1) is 26.2. The summed E-state index contributed by atoms with van der Waals surface area (Å²) in [5.74, 6) is -1.85. The summed E-state index contributed by atoms with van der Waals surface area (Å²) in [4.78, 5) is 47.9. The summed E-state index contributed by atoms with van der Waals surface area (Å²) in [5.41, 5.74) is 2.28. The van der Waals surface area contributed by atoms with E-state index in [0.717, 1.165) is 11.3 Å². The summed E-state index contributed by atoms with van der Waals surface area (Å²) >= 11 is 8.15. The summed E-state index contributed by atoms with van der Waals surface area (Å²) in [6.45, 7) is 2.78. The Kier molecular flexibility index (Phi) is 6.81. The van der Waals surface area contributed by atoms with E-state index in [4.69, 9.17) is 11.6 Å². The average molecular weight is 564 g/mol. The van der Waals surface area contributed by atoms with Crippen molar-refractivity contribution in [1.29, 1.82) is 0 Å². The molecule has 2 aromatic carbocycles. The Morgan fingerprint density at radius 2 is 1.74 bits per heavy atom. The number of amides is 3. The number of rotatable bonds is 5. The first-order chi connectivity index (χ1) is 18.9. The Labute approximate surface area is 237 Å². The molecule has 0 saturated carbocycles. The minimum absolute atomic E-state index is 0.103. The third-order valence-corrected chi connectivity index (χ3v) is 10.3. The number of aliphatic hydroxyl groups excluding tert-OH is 1. The zero-order valence-electron chi connectivity index (χ0n) is 21.6. The molecule has 39 heavy (non-hydrogen) atoms. The molecule has 3 amide bonds. The van der Waals surface area contributed by atoms with E-state index in [1.54, 1.807) is 32.5 Å². The third kappa shape index (κ3) is 4.03. The van der Waals surface area contributed by atoms with Crippen LogP contribution in [0.4, 0.5) is 11.4 Å². The largest absolute Gasteiger partial charge is 0.396 e. The second-order valence-electron chi connectivity index (χ2n) is 10.4. The molecular weight excluding hydrogens is 534 g/mol. The van der Waals surface area contributed by atoms with Crippen LogP contribution in [0.15, 0.2) is 72.8 Å². The highest BCUT2D eigenvalue weighted by Gasteiger charge is 2.71. The number of thioether (sulfide) groups is 1. The number of likely N-dealkylation sites (tertiary alicyclic amines) is 1. The van der Waals surface area contributed by atoms with Crippen LogP contribution >= 0.6 is 23.4 Å². The van der Waals surface area contributed by atoms with Crippen molar-refractivity contribution in [3.63, 3.8) is 0 Å². The van der Waals surface area contributed by atoms with Crippen LogP contribution in [0.5, 0.6) is 0 Å². The van der Waals surface area contributed by atoms with E-state index in [0.29, 0.717) is 30.2 Å². The highest BCUT2D eigenvalue weighted by molar-refractivity contribution is 8.02. The van der Waals surface area contributed by atoms with E-state index in [-0.39, 0.29) is 36.1 Å². The number of aliphatic hydroxyl groups is 1. The third-order valence-electron chi connectivity index (χ3n) is 8.24. The summed E-state index contributed by atoms with van der Waals surface area (Å²) < 4.78 is -0.914. The van der Waals surface area contributed by atoms with Gasteiger partial charge in [-0.2, -0.15) is 0 Å². The standard InChI is InChI=1S/C30H30ClN3O4S/c1-19-9-5-12-21(31)25(19)33-16-7-14-30-24(28(37)34(17-8-18-35)26(30)29(33)38)23-22(39-30)13-6-15-32(27(23)36)20-10-3-2-4-11-20/h2-7,9-14,22-24,26,35H,8,15-18H2,1H3/t22-,23+,24+,26?,30+/m1/s1. The fourth-order valence-electron chi connectivity index (χ4n) is 6.62. The number of carbonyl (C=O) groups excluding carboxylic acids is 3. The highest BCUT2D eigenvalue weighted by Crippen LogP contribution is 2.61. The molecule has 2 saturated heterocycles. The van der Waals surface area contributed by atoms with Crippen LogP contribution in [-0.2, 0) is 14.4 Å². The van der Waals surface area contributed by atoms with Crippen molar-refractivity contribution in [2.45, 2.75) is 29.4 Å². The summed E-state index contributed by atoms with van der Waals surface area (Å²) in [7, 11) is 0. The van der Waals surface area contributed by atoms with Gasteiger partial charge in [0.15, 0.2) is 0 Å². The van der Waals surface area contributed by atoms with Crippen molar-refractivity contribution in [3.05, 3.63) is 83.4 Å². The Balaban J connectivity index is 1.45. The molecule has 9 heteroatoms. The lowest BCUT2D eigenvalue weighted by Crippen LogP contribution is -2.53. The molecule has 1 unspecified atom stereocenters. The Hall–Kier alpha value is -3.07. The summed E-state index contributed by atoms with van der Waals surface area (Å²) in [6, 6.07) is 14.2. The molecule has 1 spiro atoms. The van der Waals surface area contributed by atoms with Gasteiger partial charge in [0, 0.05) is 37.2 Å². The summed E-state index contributed by atoms with van der Waals surface area (Å²) in [6.07, 6.45) is 8.31. The number of benzene rings is 2. The van der Waals surface area contributed by atoms with E-state index < -0.39 is 22.6 Å². The Morgan fingerprint density at radius 3 is 2.49 bits per heavy atom.